The summed E-state index contributed by atoms with van der Waals surface area (Å²) in [7, 11) is 1.54. The summed E-state index contributed by atoms with van der Waals surface area (Å²) in [5.74, 6) is -0.701. The van der Waals surface area contributed by atoms with E-state index in [0.29, 0.717) is 17.9 Å². The molecule has 2 aromatic carbocycles. The van der Waals surface area contributed by atoms with Gasteiger partial charge < -0.3 is 24.6 Å². The number of nitrogens with zero attached hydrogens (tertiary/aromatic N) is 1. The molecule has 2 N–H and O–H groups in total. The van der Waals surface area contributed by atoms with E-state index in [1.54, 1.807) is 32.0 Å². The molecule has 1 aliphatic heterocycles. The molecule has 1 aliphatic rings. The second kappa shape index (κ2) is 8.90. The average molecular weight is 411 g/mol. The lowest BCUT2D eigenvalue weighted by Gasteiger charge is -2.28. The molecular formula is C23H25NO6. The fraction of sp³-hybridized carbons (Fsp3) is 0.304. The number of para-hydroxylation sites is 1. The zero-order valence-electron chi connectivity index (χ0n) is 17.2. The van der Waals surface area contributed by atoms with Crippen molar-refractivity contribution < 1.29 is 29.3 Å². The standard InChI is InChI=1S/C23H25NO6/c1-4-16(25)20-21(14-10-11-17(26)19(12-14)30-5-2)24(23(28)22(20)27)13-15-8-6-7-9-18(15)29-3/h6-12,21,26-27H,4-5,13H2,1-3H3. The van der Waals surface area contributed by atoms with E-state index in [1.165, 1.54) is 18.1 Å². The maximum absolute atomic E-state index is 12.9. The van der Waals surface area contributed by atoms with E-state index in [1.807, 2.05) is 18.2 Å². The van der Waals surface area contributed by atoms with E-state index in [9.17, 15) is 19.8 Å². The predicted molar refractivity (Wildman–Crippen MR) is 111 cm³/mol. The number of hydrogen-bond donors (Lipinski definition) is 2. The van der Waals surface area contributed by atoms with Crippen LogP contribution in [0.25, 0.3) is 0 Å². The normalized spacial score (nSPS) is 16.2. The fourth-order valence-corrected chi connectivity index (χ4v) is 3.63. The Hall–Kier alpha value is -3.48. The smallest absolute Gasteiger partial charge is 0.290 e. The van der Waals surface area contributed by atoms with Crippen LogP contribution in [0.15, 0.2) is 53.8 Å². The number of methoxy groups -OCH3 is 1. The molecule has 7 nitrogen and oxygen atoms in total. The Morgan fingerprint density at radius 3 is 2.50 bits per heavy atom. The van der Waals surface area contributed by atoms with Gasteiger partial charge in [0.25, 0.3) is 5.91 Å². The number of hydrogen-bond acceptors (Lipinski definition) is 6. The van der Waals surface area contributed by atoms with Crippen LogP contribution in [0.2, 0.25) is 0 Å². The van der Waals surface area contributed by atoms with E-state index in [-0.39, 0.29) is 35.8 Å². The quantitative estimate of drug-likeness (QED) is 0.688. The lowest BCUT2D eigenvalue weighted by molar-refractivity contribution is -0.130. The van der Waals surface area contributed by atoms with Gasteiger partial charge in [-0.3, -0.25) is 9.59 Å². The van der Waals surface area contributed by atoms with Crippen molar-refractivity contribution >= 4 is 11.7 Å². The Labute approximate surface area is 175 Å². The molecule has 0 radical (unpaired) electrons. The maximum Gasteiger partial charge on any atom is 0.290 e. The molecule has 0 spiro atoms. The van der Waals surface area contributed by atoms with Gasteiger partial charge in [0.2, 0.25) is 0 Å². The summed E-state index contributed by atoms with van der Waals surface area (Å²) in [5, 5.41) is 20.6. The minimum Gasteiger partial charge on any atom is -0.504 e. The highest BCUT2D eigenvalue weighted by molar-refractivity contribution is 6.08. The summed E-state index contributed by atoms with van der Waals surface area (Å²) in [6.45, 7) is 3.93. The first-order chi connectivity index (χ1) is 14.4. The molecule has 2 aromatic rings. The third-order valence-electron chi connectivity index (χ3n) is 5.06. The molecule has 3 rings (SSSR count). The Balaban J connectivity index is 2.11. The summed E-state index contributed by atoms with van der Waals surface area (Å²) < 4.78 is 10.9. The van der Waals surface area contributed by atoms with E-state index in [4.69, 9.17) is 9.47 Å². The number of phenolic OH excluding ortho intramolecular Hbond substituents is 1. The minimum atomic E-state index is -0.810. The predicted octanol–water partition coefficient (Wildman–Crippen LogP) is 3.67. The summed E-state index contributed by atoms with van der Waals surface area (Å²) >= 11 is 0. The van der Waals surface area contributed by atoms with Crippen molar-refractivity contribution in [3.63, 3.8) is 0 Å². The number of aliphatic hydroxyl groups excluding tert-OH is 1. The monoisotopic (exact) mass is 411 g/mol. The van der Waals surface area contributed by atoms with E-state index < -0.39 is 17.7 Å². The number of aliphatic hydroxyl groups is 1. The summed E-state index contributed by atoms with van der Waals surface area (Å²) in [5.41, 5.74) is 1.34. The number of phenols is 1. The molecule has 0 bridgehead atoms. The molecule has 1 heterocycles. The molecule has 0 saturated carbocycles. The van der Waals surface area contributed by atoms with Gasteiger partial charge in [0.05, 0.1) is 31.9 Å². The Morgan fingerprint density at radius 1 is 1.10 bits per heavy atom. The third-order valence-corrected chi connectivity index (χ3v) is 5.06. The van der Waals surface area contributed by atoms with Gasteiger partial charge >= 0.3 is 0 Å². The third kappa shape index (κ3) is 3.83. The topological polar surface area (TPSA) is 96.3 Å². The van der Waals surface area contributed by atoms with Crippen LogP contribution in [0, 0.1) is 0 Å². The number of Topliss-reactive ketones (excluding diaryl/α,β-unsaturated/α-hetero) is 1. The van der Waals surface area contributed by atoms with E-state index >= 15 is 0 Å². The number of amides is 1. The van der Waals surface area contributed by atoms with E-state index in [2.05, 4.69) is 0 Å². The van der Waals surface area contributed by atoms with Gasteiger partial charge in [0.1, 0.15) is 5.75 Å². The van der Waals surface area contributed by atoms with Gasteiger partial charge in [-0.25, -0.2) is 0 Å². The first-order valence-corrected chi connectivity index (χ1v) is 9.77. The van der Waals surface area contributed by atoms with Crippen molar-refractivity contribution in [3.05, 3.63) is 64.9 Å². The highest BCUT2D eigenvalue weighted by Crippen LogP contribution is 2.42. The van der Waals surface area contributed by atoms with Gasteiger partial charge in [-0.15, -0.1) is 0 Å². The molecule has 0 saturated heterocycles. The zero-order chi connectivity index (χ0) is 21.8. The lowest BCUT2D eigenvalue weighted by Crippen LogP contribution is -2.30. The van der Waals surface area contributed by atoms with Crippen LogP contribution < -0.4 is 9.47 Å². The van der Waals surface area contributed by atoms with Gasteiger partial charge in [-0.05, 0) is 30.7 Å². The number of rotatable bonds is 8. The SMILES string of the molecule is CCOc1cc(C2C(C(=O)CC)=C(O)C(=O)N2Cc2ccccc2OC)ccc1O. The number of aromatic hydroxyl groups is 1. The summed E-state index contributed by atoms with van der Waals surface area (Å²) in [6.07, 6.45) is 0.141. The van der Waals surface area contributed by atoms with Crippen molar-refractivity contribution in [2.24, 2.45) is 0 Å². The van der Waals surface area contributed by atoms with Crippen LogP contribution in [0.1, 0.15) is 37.4 Å². The second-order valence-electron chi connectivity index (χ2n) is 6.85. The lowest BCUT2D eigenvalue weighted by atomic mass is 9.94. The van der Waals surface area contributed by atoms with Crippen molar-refractivity contribution in [1.29, 1.82) is 0 Å². The highest BCUT2D eigenvalue weighted by atomic mass is 16.5. The maximum atomic E-state index is 12.9. The Morgan fingerprint density at radius 2 is 1.83 bits per heavy atom. The van der Waals surface area contributed by atoms with Crippen molar-refractivity contribution in [2.45, 2.75) is 32.9 Å². The summed E-state index contributed by atoms with van der Waals surface area (Å²) in [6, 6.07) is 11.1. The molecule has 158 valence electrons. The highest BCUT2D eigenvalue weighted by Gasteiger charge is 2.43. The Bertz CT molecular complexity index is 997. The van der Waals surface area contributed by atoms with Crippen molar-refractivity contribution in [2.75, 3.05) is 13.7 Å². The summed E-state index contributed by atoms with van der Waals surface area (Å²) in [4.78, 5) is 27.0. The number of carbonyl (C=O) groups excluding carboxylic acids is 2. The van der Waals surface area contributed by atoms with Gasteiger partial charge in [0.15, 0.2) is 23.0 Å². The van der Waals surface area contributed by atoms with Crippen LogP contribution in [-0.4, -0.2) is 40.5 Å². The van der Waals surface area contributed by atoms with Crippen LogP contribution in [0.5, 0.6) is 17.2 Å². The van der Waals surface area contributed by atoms with Gasteiger partial charge in [-0.1, -0.05) is 31.2 Å². The van der Waals surface area contributed by atoms with Crippen LogP contribution in [0.3, 0.4) is 0 Å². The largest absolute Gasteiger partial charge is 0.504 e. The molecule has 1 atom stereocenters. The molecule has 30 heavy (non-hydrogen) atoms. The van der Waals surface area contributed by atoms with Crippen LogP contribution >= 0.6 is 0 Å². The number of carbonyl (C=O) groups is 2. The van der Waals surface area contributed by atoms with Crippen LogP contribution in [0.4, 0.5) is 0 Å². The molecule has 0 fully saturated rings. The first kappa shape index (κ1) is 21.2. The molecular weight excluding hydrogens is 386 g/mol. The minimum absolute atomic E-state index is 0.0437. The average Bonchev–Trinajstić information content (AvgIpc) is 3.00. The molecule has 0 aromatic heterocycles. The number of ether oxygens (including phenoxy) is 2. The molecule has 1 amide bonds. The van der Waals surface area contributed by atoms with Crippen molar-refractivity contribution in [1.82, 2.24) is 4.90 Å². The van der Waals surface area contributed by atoms with Crippen molar-refractivity contribution in [3.8, 4) is 17.2 Å². The molecule has 0 aliphatic carbocycles. The first-order valence-electron chi connectivity index (χ1n) is 9.77. The number of ketones is 1. The van der Waals surface area contributed by atoms with E-state index in [0.717, 1.165) is 5.56 Å². The van der Waals surface area contributed by atoms with Crippen LogP contribution in [-0.2, 0) is 16.1 Å². The Kier molecular flexibility index (Phi) is 6.30. The number of benzene rings is 2. The fourth-order valence-electron chi connectivity index (χ4n) is 3.63. The second-order valence-corrected chi connectivity index (χ2v) is 6.85. The van der Waals surface area contributed by atoms with Gasteiger partial charge in [0, 0.05) is 12.0 Å². The van der Waals surface area contributed by atoms with Gasteiger partial charge in [-0.2, -0.15) is 0 Å². The zero-order valence-corrected chi connectivity index (χ0v) is 17.2. The molecule has 1 unspecified atom stereocenters. The molecule has 7 heteroatoms.